The van der Waals surface area contributed by atoms with E-state index in [-0.39, 0.29) is 23.1 Å². The highest BCUT2D eigenvalue weighted by Gasteiger charge is 2.35. The molecule has 0 aromatic heterocycles. The molecule has 0 N–H and O–H groups in total. The lowest BCUT2D eigenvalue weighted by Crippen LogP contribution is -2.42. The number of thiol groups is 1. The zero-order chi connectivity index (χ0) is 33.6. The van der Waals surface area contributed by atoms with Gasteiger partial charge in [0.2, 0.25) is 0 Å². The second kappa shape index (κ2) is 18.7. The van der Waals surface area contributed by atoms with Gasteiger partial charge in [-0.25, -0.2) is 9.59 Å². The topological polar surface area (TPSA) is 112 Å². The van der Waals surface area contributed by atoms with Gasteiger partial charge in [0, 0.05) is 41.5 Å². The molecule has 2 saturated heterocycles. The summed E-state index contributed by atoms with van der Waals surface area (Å²) in [5.74, 6) is -0.453. The number of methoxy groups -OCH3 is 2. The number of piperidine rings is 2. The molecule has 2 aromatic rings. The lowest BCUT2D eigenvalue weighted by molar-refractivity contribution is -0.148. The molecule has 46 heavy (non-hydrogen) atoms. The van der Waals surface area contributed by atoms with Crippen molar-refractivity contribution in [2.45, 2.75) is 37.1 Å². The number of benzene rings is 2. The van der Waals surface area contributed by atoms with Gasteiger partial charge < -0.3 is 18.9 Å². The quantitative estimate of drug-likeness (QED) is 0.112. The molecule has 0 spiro atoms. The number of hydrogen-bond acceptors (Lipinski definition) is 11. The van der Waals surface area contributed by atoms with Crippen LogP contribution < -0.4 is 0 Å². The molecule has 2 aliphatic heterocycles. The zero-order valence-corrected chi connectivity index (χ0v) is 28.3. The first-order valence-electron chi connectivity index (χ1n) is 14.5. The fraction of sp³-hybridized carbons (Fsp3) is 0.394. The molecule has 2 unspecified atom stereocenters. The maximum Gasteiger partial charge on any atom is 0.327 e. The SMILES string of the molecule is COC(=O)[C@H](c1ccccc1Cl)N1CCC(C)/C(=C\OC=O)C1.COC(=O)[C@H](c1ccccc1Cl)N1CCC(S)/C(=C\OC=O)C1. The van der Waals surface area contributed by atoms with Gasteiger partial charge in [-0.2, -0.15) is 12.6 Å². The Kier molecular flexibility index (Phi) is 15.1. The third kappa shape index (κ3) is 9.83. The molecule has 2 heterocycles. The first-order valence-corrected chi connectivity index (χ1v) is 15.8. The fourth-order valence-electron chi connectivity index (χ4n) is 5.41. The molecule has 248 valence electrons. The van der Waals surface area contributed by atoms with Crippen molar-refractivity contribution in [2.75, 3.05) is 40.4 Å². The Hall–Kier alpha value is -3.35. The summed E-state index contributed by atoms with van der Waals surface area (Å²) in [5.41, 5.74) is 3.19. The summed E-state index contributed by atoms with van der Waals surface area (Å²) in [6.45, 7) is 5.15. The van der Waals surface area contributed by atoms with Crippen LogP contribution in [0.4, 0.5) is 0 Å². The second-order valence-corrected chi connectivity index (χ2v) is 12.1. The predicted molar refractivity (Wildman–Crippen MR) is 177 cm³/mol. The maximum absolute atomic E-state index is 12.3. The van der Waals surface area contributed by atoms with Crippen LogP contribution in [0.25, 0.3) is 0 Å². The molecule has 0 aliphatic carbocycles. The summed E-state index contributed by atoms with van der Waals surface area (Å²) in [5, 5.41) is 1.01. The van der Waals surface area contributed by atoms with E-state index in [1.54, 1.807) is 12.1 Å². The molecule has 13 heteroatoms. The van der Waals surface area contributed by atoms with Crippen LogP contribution in [0.1, 0.15) is 43.0 Å². The Balaban J connectivity index is 0.000000250. The van der Waals surface area contributed by atoms with Gasteiger partial charge in [-0.3, -0.25) is 19.4 Å². The lowest BCUT2D eigenvalue weighted by atomic mass is 9.91. The van der Waals surface area contributed by atoms with E-state index >= 15 is 0 Å². The molecule has 0 saturated carbocycles. The van der Waals surface area contributed by atoms with Crippen molar-refractivity contribution in [3.05, 3.63) is 93.4 Å². The van der Waals surface area contributed by atoms with Crippen LogP contribution in [0.3, 0.4) is 0 Å². The number of likely N-dealkylation sites (tertiary alicyclic amines) is 2. The number of nitrogens with zero attached hydrogens (tertiary/aromatic N) is 2. The van der Waals surface area contributed by atoms with Crippen molar-refractivity contribution in [1.29, 1.82) is 0 Å². The van der Waals surface area contributed by atoms with Crippen molar-refractivity contribution in [1.82, 2.24) is 9.80 Å². The molecule has 4 atom stereocenters. The van der Waals surface area contributed by atoms with E-state index in [9.17, 15) is 19.2 Å². The van der Waals surface area contributed by atoms with Gasteiger partial charge in [0.15, 0.2) is 0 Å². The van der Waals surface area contributed by atoms with Crippen molar-refractivity contribution in [3.63, 3.8) is 0 Å². The maximum atomic E-state index is 12.3. The van der Waals surface area contributed by atoms with E-state index < -0.39 is 12.1 Å². The molecular formula is C33H38Cl2N2O8S. The van der Waals surface area contributed by atoms with Gasteiger partial charge in [-0.15, -0.1) is 0 Å². The summed E-state index contributed by atoms with van der Waals surface area (Å²) in [6, 6.07) is 13.2. The first kappa shape index (κ1) is 37.1. The van der Waals surface area contributed by atoms with E-state index in [0.717, 1.165) is 30.5 Å². The predicted octanol–water partition coefficient (Wildman–Crippen LogP) is 5.57. The van der Waals surface area contributed by atoms with Gasteiger partial charge in [0.05, 0.1) is 26.7 Å². The molecular weight excluding hydrogens is 655 g/mol. The third-order valence-corrected chi connectivity index (χ3v) is 9.18. The molecule has 0 amide bonds. The minimum absolute atomic E-state index is 0.0178. The van der Waals surface area contributed by atoms with E-state index in [0.29, 0.717) is 53.8 Å². The monoisotopic (exact) mass is 692 g/mol. The Labute approximate surface area is 284 Å². The Bertz CT molecular complexity index is 1320. The molecule has 0 radical (unpaired) electrons. The van der Waals surface area contributed by atoms with Gasteiger partial charge in [-0.1, -0.05) is 66.5 Å². The molecule has 2 aromatic carbocycles. The minimum Gasteiger partial charge on any atom is -0.468 e. The molecule has 10 nitrogen and oxygen atoms in total. The standard InChI is InChI=1S/C17H20ClNO4.C16H18ClNO4S/c1-12-7-8-19(9-13(12)10-23-11-20)16(17(21)22-2)14-5-3-4-6-15(14)18;1-21-16(20)15(12-4-2-3-5-13(12)17)18-7-6-14(23)11(8-18)9-22-10-19/h3-6,10-12,16H,7-9H2,1-2H3;2-5,9-10,14-15,23H,6-8H2,1H3/b13-10-;11-9-/t12?,16-;14?,15-/m00/s1. The minimum atomic E-state index is -0.617. The summed E-state index contributed by atoms with van der Waals surface area (Å²) >= 11 is 17.0. The average molecular weight is 694 g/mol. The summed E-state index contributed by atoms with van der Waals surface area (Å²) in [6.07, 6.45) is 4.42. The van der Waals surface area contributed by atoms with Crippen LogP contribution in [-0.4, -0.2) is 80.3 Å². The summed E-state index contributed by atoms with van der Waals surface area (Å²) in [4.78, 5) is 49.4. The fourth-order valence-corrected chi connectivity index (χ4v) is 6.15. The summed E-state index contributed by atoms with van der Waals surface area (Å²) < 4.78 is 19.4. The van der Waals surface area contributed by atoms with Gasteiger partial charge in [0.1, 0.15) is 12.1 Å². The lowest BCUT2D eigenvalue weighted by Gasteiger charge is -2.37. The van der Waals surface area contributed by atoms with Gasteiger partial charge >= 0.3 is 11.9 Å². The molecule has 2 fully saturated rings. The average Bonchev–Trinajstić information content (AvgIpc) is 3.06. The smallest absolute Gasteiger partial charge is 0.327 e. The molecule has 4 rings (SSSR count). The number of ether oxygens (including phenoxy) is 4. The number of rotatable bonds is 10. The van der Waals surface area contributed by atoms with Crippen LogP contribution in [0.5, 0.6) is 0 Å². The number of carbonyl (C=O) groups is 4. The highest BCUT2D eigenvalue weighted by Crippen LogP contribution is 2.35. The normalized spacial score (nSPS) is 21.7. The summed E-state index contributed by atoms with van der Waals surface area (Å²) in [7, 11) is 2.72. The van der Waals surface area contributed by atoms with Gasteiger partial charge in [0.25, 0.3) is 12.9 Å². The van der Waals surface area contributed by atoms with Crippen molar-refractivity contribution in [3.8, 4) is 0 Å². The molecule has 0 bridgehead atoms. The number of carbonyl (C=O) groups excluding carboxylic acids is 4. The first-order chi connectivity index (χ1) is 22.2. The van der Waals surface area contributed by atoms with E-state index in [1.807, 2.05) is 46.2 Å². The Morgan fingerprint density at radius 3 is 1.67 bits per heavy atom. The van der Waals surface area contributed by atoms with Crippen LogP contribution in [0.15, 0.2) is 72.2 Å². The van der Waals surface area contributed by atoms with Crippen molar-refractivity contribution in [2.24, 2.45) is 5.92 Å². The van der Waals surface area contributed by atoms with Crippen molar-refractivity contribution >= 4 is 60.7 Å². The largest absolute Gasteiger partial charge is 0.468 e. The van der Waals surface area contributed by atoms with Gasteiger partial charge in [-0.05, 0) is 53.2 Å². The zero-order valence-electron chi connectivity index (χ0n) is 25.8. The highest BCUT2D eigenvalue weighted by molar-refractivity contribution is 7.81. The van der Waals surface area contributed by atoms with Crippen LogP contribution in [0, 0.1) is 5.92 Å². The van der Waals surface area contributed by atoms with E-state index in [4.69, 9.17) is 42.1 Å². The van der Waals surface area contributed by atoms with E-state index in [1.165, 1.54) is 26.7 Å². The Morgan fingerprint density at radius 2 is 1.22 bits per heavy atom. The third-order valence-electron chi connectivity index (χ3n) is 7.90. The number of halogens is 2. The number of hydrogen-bond donors (Lipinski definition) is 1. The second-order valence-electron chi connectivity index (χ2n) is 10.7. The molecule has 2 aliphatic rings. The van der Waals surface area contributed by atoms with E-state index in [2.05, 4.69) is 19.6 Å². The van der Waals surface area contributed by atoms with Crippen LogP contribution in [-0.2, 0) is 38.1 Å². The highest BCUT2D eigenvalue weighted by atomic mass is 35.5. The Morgan fingerprint density at radius 1 is 0.783 bits per heavy atom. The van der Waals surface area contributed by atoms with Crippen molar-refractivity contribution < 1.29 is 38.1 Å². The van der Waals surface area contributed by atoms with Crippen LogP contribution in [0.2, 0.25) is 10.0 Å². The van der Waals surface area contributed by atoms with Crippen LogP contribution >= 0.6 is 35.8 Å². The number of esters is 2.